The van der Waals surface area contributed by atoms with Gasteiger partial charge in [0.25, 0.3) is 0 Å². The van der Waals surface area contributed by atoms with E-state index in [9.17, 15) is 0 Å². The normalized spacial score (nSPS) is 18.2. The number of nitrogens with two attached hydrogens (primary N) is 1. The Balaban J connectivity index is 2.00. The van der Waals surface area contributed by atoms with E-state index in [-0.39, 0.29) is 0 Å². The number of benzene rings is 1. The highest BCUT2D eigenvalue weighted by Gasteiger charge is 2.26. The van der Waals surface area contributed by atoms with Gasteiger partial charge in [0.15, 0.2) is 0 Å². The monoisotopic (exact) mass is 317 g/mol. The number of pyridine rings is 1. The van der Waals surface area contributed by atoms with Crippen LogP contribution in [0.1, 0.15) is 11.1 Å². The Morgan fingerprint density at radius 1 is 1.26 bits per heavy atom. The number of rotatable bonds is 2. The van der Waals surface area contributed by atoms with Crippen molar-refractivity contribution in [3.8, 4) is 0 Å². The summed E-state index contributed by atoms with van der Waals surface area (Å²) in [7, 11) is 0. The van der Waals surface area contributed by atoms with Crippen molar-refractivity contribution in [3.63, 3.8) is 0 Å². The lowest BCUT2D eigenvalue weighted by molar-refractivity contribution is 0.560. The molecule has 0 saturated heterocycles. The van der Waals surface area contributed by atoms with Crippen molar-refractivity contribution in [2.75, 3.05) is 11.4 Å². The summed E-state index contributed by atoms with van der Waals surface area (Å²) in [5.74, 6) is 0. The lowest BCUT2D eigenvalue weighted by Crippen LogP contribution is -2.45. The van der Waals surface area contributed by atoms with Crippen LogP contribution in [0.4, 0.5) is 5.69 Å². The molecule has 1 aliphatic heterocycles. The highest BCUT2D eigenvalue weighted by molar-refractivity contribution is 9.10. The van der Waals surface area contributed by atoms with Crippen LogP contribution < -0.4 is 10.6 Å². The van der Waals surface area contributed by atoms with Crippen LogP contribution in [0.5, 0.6) is 0 Å². The fourth-order valence-corrected chi connectivity index (χ4v) is 3.16. The van der Waals surface area contributed by atoms with Crippen LogP contribution in [-0.2, 0) is 13.0 Å². The van der Waals surface area contributed by atoms with Gasteiger partial charge in [-0.1, -0.05) is 24.3 Å². The average molecular weight is 318 g/mol. The zero-order valence-electron chi connectivity index (χ0n) is 10.6. The predicted octanol–water partition coefficient (Wildman–Crippen LogP) is 2.73. The van der Waals surface area contributed by atoms with E-state index in [1.807, 2.05) is 18.5 Å². The number of hydrogen-bond donors (Lipinski definition) is 1. The summed E-state index contributed by atoms with van der Waals surface area (Å²) in [6.07, 6.45) is 4.67. The summed E-state index contributed by atoms with van der Waals surface area (Å²) in [6, 6.07) is 11.0. The molecule has 2 heterocycles. The van der Waals surface area contributed by atoms with Gasteiger partial charge < -0.3 is 10.6 Å². The van der Waals surface area contributed by atoms with Crippen LogP contribution in [0.2, 0.25) is 0 Å². The molecule has 98 valence electrons. The van der Waals surface area contributed by atoms with Crippen molar-refractivity contribution in [1.82, 2.24) is 4.98 Å². The molecule has 1 aliphatic rings. The molecule has 1 aromatic heterocycles. The van der Waals surface area contributed by atoms with E-state index in [1.165, 1.54) is 16.8 Å². The van der Waals surface area contributed by atoms with Crippen molar-refractivity contribution in [1.29, 1.82) is 0 Å². The Bertz CT molecular complexity index is 585. The Kier molecular flexibility index (Phi) is 3.53. The number of anilines is 1. The van der Waals surface area contributed by atoms with E-state index in [0.717, 1.165) is 17.4 Å². The van der Waals surface area contributed by atoms with E-state index in [0.29, 0.717) is 12.6 Å². The lowest BCUT2D eigenvalue weighted by Gasteiger charge is -2.38. The molecule has 0 radical (unpaired) electrons. The molecule has 0 saturated carbocycles. The third-order valence-electron chi connectivity index (χ3n) is 3.69. The fourth-order valence-electron chi connectivity index (χ4n) is 2.68. The third-order valence-corrected chi connectivity index (χ3v) is 4.30. The molecule has 3 rings (SSSR count). The molecule has 0 amide bonds. The first-order valence-electron chi connectivity index (χ1n) is 6.42. The Morgan fingerprint density at radius 2 is 2.05 bits per heavy atom. The van der Waals surface area contributed by atoms with Gasteiger partial charge in [-0.3, -0.25) is 4.98 Å². The summed E-state index contributed by atoms with van der Waals surface area (Å²) in [5, 5.41) is 0. The Labute approximate surface area is 121 Å². The average Bonchev–Trinajstić information content (AvgIpc) is 2.46. The smallest absolute Gasteiger partial charge is 0.0592 e. The molecule has 2 N–H and O–H groups in total. The van der Waals surface area contributed by atoms with Gasteiger partial charge in [0.2, 0.25) is 0 Å². The maximum atomic E-state index is 5.97. The first kappa shape index (κ1) is 12.6. The lowest BCUT2D eigenvalue weighted by atomic mass is 9.93. The van der Waals surface area contributed by atoms with Gasteiger partial charge in [0.1, 0.15) is 0 Å². The Morgan fingerprint density at radius 3 is 2.79 bits per heavy atom. The first-order chi connectivity index (χ1) is 9.29. The van der Waals surface area contributed by atoms with Gasteiger partial charge >= 0.3 is 0 Å². The van der Waals surface area contributed by atoms with Gasteiger partial charge in [0.05, 0.1) is 10.2 Å². The Hall–Kier alpha value is -1.39. The van der Waals surface area contributed by atoms with Crippen LogP contribution in [0.25, 0.3) is 0 Å². The summed E-state index contributed by atoms with van der Waals surface area (Å²) >= 11 is 3.58. The number of nitrogens with zero attached hydrogens (tertiary/aromatic N) is 2. The second kappa shape index (κ2) is 5.31. The van der Waals surface area contributed by atoms with Gasteiger partial charge in [-0.05, 0) is 39.5 Å². The van der Waals surface area contributed by atoms with Crippen LogP contribution in [0, 0.1) is 0 Å². The van der Waals surface area contributed by atoms with Crippen molar-refractivity contribution in [3.05, 3.63) is 58.3 Å². The second-order valence-corrected chi connectivity index (χ2v) is 5.67. The van der Waals surface area contributed by atoms with E-state index in [4.69, 9.17) is 5.73 Å². The quantitative estimate of drug-likeness (QED) is 0.926. The van der Waals surface area contributed by atoms with Crippen molar-refractivity contribution in [2.45, 2.75) is 19.0 Å². The highest BCUT2D eigenvalue weighted by Crippen LogP contribution is 2.32. The maximum absolute atomic E-state index is 5.97. The largest absolute Gasteiger partial charge is 0.362 e. The zero-order chi connectivity index (χ0) is 13.2. The molecule has 19 heavy (non-hydrogen) atoms. The molecular weight excluding hydrogens is 302 g/mol. The zero-order valence-corrected chi connectivity index (χ0v) is 12.2. The molecule has 0 bridgehead atoms. The summed E-state index contributed by atoms with van der Waals surface area (Å²) in [5.41, 5.74) is 9.93. The summed E-state index contributed by atoms with van der Waals surface area (Å²) in [4.78, 5) is 6.50. The highest BCUT2D eigenvalue weighted by atomic mass is 79.9. The van der Waals surface area contributed by atoms with Crippen molar-refractivity contribution >= 4 is 21.6 Å². The number of halogens is 1. The minimum absolute atomic E-state index is 0.341. The van der Waals surface area contributed by atoms with Gasteiger partial charge in [-0.2, -0.15) is 0 Å². The standard InChI is InChI=1S/C15H16BrN3/c16-14-9-18-6-5-15(14)19-10-12-4-2-1-3-11(12)7-13(19)8-17/h1-6,9,13H,7-8,10,17H2. The van der Waals surface area contributed by atoms with E-state index < -0.39 is 0 Å². The predicted molar refractivity (Wildman–Crippen MR) is 81.1 cm³/mol. The number of aromatic nitrogens is 1. The third kappa shape index (κ3) is 2.38. The number of hydrogen-bond acceptors (Lipinski definition) is 3. The van der Waals surface area contributed by atoms with Gasteiger partial charge in [-0.15, -0.1) is 0 Å². The minimum atomic E-state index is 0.341. The van der Waals surface area contributed by atoms with Crippen molar-refractivity contribution in [2.24, 2.45) is 5.73 Å². The van der Waals surface area contributed by atoms with Crippen LogP contribution >= 0.6 is 15.9 Å². The second-order valence-electron chi connectivity index (χ2n) is 4.82. The fraction of sp³-hybridized carbons (Fsp3) is 0.267. The molecule has 0 spiro atoms. The molecule has 1 unspecified atom stereocenters. The molecule has 0 aliphatic carbocycles. The molecule has 4 heteroatoms. The number of fused-ring (bicyclic) bond motifs is 1. The minimum Gasteiger partial charge on any atom is -0.362 e. The van der Waals surface area contributed by atoms with E-state index >= 15 is 0 Å². The van der Waals surface area contributed by atoms with Crippen LogP contribution in [-0.4, -0.2) is 17.6 Å². The van der Waals surface area contributed by atoms with Crippen LogP contribution in [0.15, 0.2) is 47.2 Å². The molecule has 3 nitrogen and oxygen atoms in total. The first-order valence-corrected chi connectivity index (χ1v) is 7.22. The topological polar surface area (TPSA) is 42.1 Å². The summed E-state index contributed by atoms with van der Waals surface area (Å²) in [6.45, 7) is 1.56. The van der Waals surface area contributed by atoms with E-state index in [2.05, 4.69) is 50.1 Å². The molecule has 1 aromatic carbocycles. The van der Waals surface area contributed by atoms with E-state index in [1.54, 1.807) is 0 Å². The molecule has 0 fully saturated rings. The van der Waals surface area contributed by atoms with Gasteiger partial charge in [-0.25, -0.2) is 0 Å². The SMILES string of the molecule is NCC1Cc2ccccc2CN1c1ccncc1Br. The van der Waals surface area contributed by atoms with Gasteiger partial charge in [0, 0.05) is 31.5 Å². The van der Waals surface area contributed by atoms with Crippen molar-refractivity contribution < 1.29 is 0 Å². The maximum Gasteiger partial charge on any atom is 0.0592 e. The summed E-state index contributed by atoms with van der Waals surface area (Å²) < 4.78 is 1.02. The van der Waals surface area contributed by atoms with Crippen LogP contribution in [0.3, 0.4) is 0 Å². The molecule has 1 atom stereocenters. The molecular formula is C15H16BrN3. The molecule has 2 aromatic rings.